The van der Waals surface area contributed by atoms with Crippen LogP contribution >= 0.6 is 0 Å². The average Bonchev–Trinajstić information content (AvgIpc) is 3.64. The Kier molecular flexibility index (Phi) is 5.80. The molecule has 36 heavy (non-hydrogen) atoms. The molecule has 11 nitrogen and oxygen atoms in total. The maximum Gasteiger partial charge on any atom is 0.177 e. The smallest absolute Gasteiger partial charge is 0.177 e. The lowest BCUT2D eigenvalue weighted by Crippen LogP contribution is -2.48. The zero-order chi connectivity index (χ0) is 24.1. The Balaban J connectivity index is 1.34. The van der Waals surface area contributed by atoms with Crippen molar-refractivity contribution in [1.29, 1.82) is 0 Å². The molecule has 0 radical (unpaired) electrons. The van der Waals surface area contributed by atoms with E-state index < -0.39 is 0 Å². The molecule has 7 heterocycles. The van der Waals surface area contributed by atoms with Gasteiger partial charge in [0.2, 0.25) is 0 Å². The lowest BCUT2D eigenvalue weighted by molar-refractivity contribution is -0.0395. The van der Waals surface area contributed by atoms with Crippen molar-refractivity contribution in [3.8, 4) is 5.82 Å². The summed E-state index contributed by atoms with van der Waals surface area (Å²) in [5.74, 6) is 1.66. The van der Waals surface area contributed by atoms with Gasteiger partial charge >= 0.3 is 0 Å². The van der Waals surface area contributed by atoms with Crippen LogP contribution in [0.15, 0.2) is 24.5 Å². The predicted octanol–water partition coefficient (Wildman–Crippen LogP) is 1.88. The van der Waals surface area contributed by atoms with E-state index in [-0.39, 0.29) is 18.9 Å². The van der Waals surface area contributed by atoms with Gasteiger partial charge in [-0.1, -0.05) is 0 Å². The van der Waals surface area contributed by atoms with Crippen molar-refractivity contribution in [2.75, 3.05) is 56.0 Å². The molecule has 4 fully saturated rings. The van der Waals surface area contributed by atoms with Crippen molar-refractivity contribution in [3.63, 3.8) is 0 Å². The molecule has 1 N–H and O–H groups in total. The number of rotatable bonds is 5. The largest absolute Gasteiger partial charge is 0.394 e. The number of morpholine rings is 2. The van der Waals surface area contributed by atoms with Crippen molar-refractivity contribution in [1.82, 2.24) is 24.5 Å². The molecule has 4 saturated heterocycles. The lowest BCUT2D eigenvalue weighted by Gasteiger charge is -2.39. The van der Waals surface area contributed by atoms with Crippen LogP contribution in [0.25, 0.3) is 16.9 Å². The first-order valence-corrected chi connectivity index (χ1v) is 13.2. The standard InChI is InChI=1S/C25H33N7O4/c33-13-19-16-34-10-8-29(19)21-11-23(31-17-4-5-18(31)15-35-14-17)27-25-20(21)12-26-32(25)22-6-7-30(28-22)24-3-1-2-9-36-24/h6-7,11-12,17-19,24,33H,1-5,8-10,13-16H2. The summed E-state index contributed by atoms with van der Waals surface area (Å²) in [6, 6.07) is 4.71. The third kappa shape index (κ3) is 3.76. The van der Waals surface area contributed by atoms with Crippen LogP contribution in [-0.2, 0) is 14.2 Å². The highest BCUT2D eigenvalue weighted by atomic mass is 16.5. The summed E-state index contributed by atoms with van der Waals surface area (Å²) in [6.07, 6.45) is 9.24. The third-order valence-corrected chi connectivity index (χ3v) is 8.02. The van der Waals surface area contributed by atoms with Gasteiger partial charge in [0.1, 0.15) is 12.0 Å². The molecule has 0 aromatic carbocycles. The molecule has 0 aliphatic carbocycles. The zero-order valence-electron chi connectivity index (χ0n) is 20.4. The molecule has 3 aromatic heterocycles. The van der Waals surface area contributed by atoms with Crippen molar-refractivity contribution < 1.29 is 19.3 Å². The van der Waals surface area contributed by atoms with E-state index in [9.17, 15) is 5.11 Å². The number of hydrogen-bond acceptors (Lipinski definition) is 9. The van der Waals surface area contributed by atoms with Gasteiger partial charge in [-0.2, -0.15) is 14.9 Å². The molecule has 4 aliphatic heterocycles. The topological polar surface area (TPSA) is 103 Å². The minimum absolute atomic E-state index is 0.0296. The van der Waals surface area contributed by atoms with Gasteiger partial charge in [-0.3, -0.25) is 0 Å². The zero-order valence-corrected chi connectivity index (χ0v) is 20.4. The molecule has 4 aliphatic rings. The molecular formula is C25H33N7O4. The number of pyridine rings is 1. The molecule has 4 atom stereocenters. The Labute approximate surface area is 209 Å². The van der Waals surface area contributed by atoms with Crippen molar-refractivity contribution >= 4 is 22.5 Å². The first-order valence-electron chi connectivity index (χ1n) is 13.2. The molecule has 4 unspecified atom stereocenters. The number of fused-ring (bicyclic) bond motifs is 3. The number of aromatic nitrogens is 5. The fraction of sp³-hybridized carbons (Fsp3) is 0.640. The van der Waals surface area contributed by atoms with Crippen LogP contribution in [0, 0.1) is 0 Å². The van der Waals surface area contributed by atoms with Crippen molar-refractivity contribution in [2.45, 2.75) is 56.5 Å². The highest BCUT2D eigenvalue weighted by molar-refractivity contribution is 5.92. The summed E-state index contributed by atoms with van der Waals surface area (Å²) in [4.78, 5) is 9.86. The van der Waals surface area contributed by atoms with Gasteiger partial charge in [0, 0.05) is 31.5 Å². The van der Waals surface area contributed by atoms with E-state index in [0.717, 1.165) is 80.3 Å². The van der Waals surface area contributed by atoms with Crippen molar-refractivity contribution in [2.24, 2.45) is 0 Å². The van der Waals surface area contributed by atoms with E-state index in [1.165, 1.54) is 0 Å². The summed E-state index contributed by atoms with van der Waals surface area (Å²) in [6.45, 7) is 4.09. The summed E-state index contributed by atoms with van der Waals surface area (Å²) in [5.41, 5.74) is 1.80. The second-order valence-corrected chi connectivity index (χ2v) is 10.2. The predicted molar refractivity (Wildman–Crippen MR) is 133 cm³/mol. The Morgan fingerprint density at radius 2 is 1.89 bits per heavy atom. The number of nitrogens with zero attached hydrogens (tertiary/aromatic N) is 7. The van der Waals surface area contributed by atoms with Gasteiger partial charge in [0.15, 0.2) is 11.5 Å². The Morgan fingerprint density at radius 1 is 1.00 bits per heavy atom. The molecule has 11 heteroatoms. The van der Waals surface area contributed by atoms with Crippen LogP contribution in [0.5, 0.6) is 0 Å². The van der Waals surface area contributed by atoms with Gasteiger partial charge in [-0.25, -0.2) is 9.67 Å². The lowest BCUT2D eigenvalue weighted by atomic mass is 10.1. The molecule has 192 valence electrons. The second-order valence-electron chi connectivity index (χ2n) is 10.2. The van der Waals surface area contributed by atoms with E-state index >= 15 is 0 Å². The average molecular weight is 496 g/mol. The molecule has 2 bridgehead atoms. The quantitative estimate of drug-likeness (QED) is 0.568. The first kappa shape index (κ1) is 22.5. The summed E-state index contributed by atoms with van der Waals surface area (Å²) < 4.78 is 21.2. The number of aliphatic hydroxyl groups excluding tert-OH is 1. The van der Waals surface area contributed by atoms with Crippen LogP contribution in [0.2, 0.25) is 0 Å². The van der Waals surface area contributed by atoms with Gasteiger partial charge < -0.3 is 29.1 Å². The van der Waals surface area contributed by atoms with Gasteiger partial charge in [-0.15, -0.1) is 0 Å². The van der Waals surface area contributed by atoms with E-state index in [4.69, 9.17) is 29.4 Å². The van der Waals surface area contributed by atoms with Crippen LogP contribution < -0.4 is 9.80 Å². The maximum atomic E-state index is 10.1. The Hall–Kier alpha value is -2.73. The summed E-state index contributed by atoms with van der Waals surface area (Å²) >= 11 is 0. The molecular weight excluding hydrogens is 462 g/mol. The molecule has 0 spiro atoms. The van der Waals surface area contributed by atoms with E-state index in [2.05, 4.69) is 15.9 Å². The van der Waals surface area contributed by atoms with Crippen LogP contribution in [0.3, 0.4) is 0 Å². The Bertz CT molecular complexity index is 1210. The summed E-state index contributed by atoms with van der Waals surface area (Å²) in [5, 5.41) is 20.6. The van der Waals surface area contributed by atoms with E-state index in [0.29, 0.717) is 31.8 Å². The molecule has 3 aromatic rings. The minimum atomic E-state index is -0.107. The first-order chi connectivity index (χ1) is 17.8. The number of aliphatic hydroxyl groups is 1. The third-order valence-electron chi connectivity index (χ3n) is 8.02. The van der Waals surface area contributed by atoms with Crippen LogP contribution in [0.4, 0.5) is 11.5 Å². The van der Waals surface area contributed by atoms with Gasteiger partial charge in [-0.05, 0) is 32.1 Å². The molecule has 0 amide bonds. The minimum Gasteiger partial charge on any atom is -0.394 e. The van der Waals surface area contributed by atoms with Gasteiger partial charge in [0.05, 0.1) is 68.4 Å². The normalized spacial score (nSPS) is 28.8. The maximum absolute atomic E-state index is 10.1. The fourth-order valence-corrected chi connectivity index (χ4v) is 6.17. The summed E-state index contributed by atoms with van der Waals surface area (Å²) in [7, 11) is 0. The monoisotopic (exact) mass is 495 g/mol. The van der Waals surface area contributed by atoms with E-state index in [1.807, 2.05) is 27.8 Å². The highest BCUT2D eigenvalue weighted by Crippen LogP contribution is 2.38. The Morgan fingerprint density at radius 3 is 2.69 bits per heavy atom. The number of hydrogen-bond donors (Lipinski definition) is 1. The van der Waals surface area contributed by atoms with Crippen molar-refractivity contribution in [3.05, 3.63) is 24.5 Å². The van der Waals surface area contributed by atoms with Crippen LogP contribution in [0.1, 0.15) is 38.3 Å². The van der Waals surface area contributed by atoms with Crippen LogP contribution in [-0.4, -0.2) is 94.0 Å². The second kappa shape index (κ2) is 9.29. The molecule has 7 rings (SSSR count). The SMILES string of the molecule is OCC1COCCN1c1cc(N2C3CCC2COC3)nc2c1cnn2-c1ccn(C2CCCCO2)n1. The molecule has 0 saturated carbocycles. The number of ether oxygens (including phenoxy) is 3. The van der Waals surface area contributed by atoms with E-state index in [1.54, 1.807) is 0 Å². The highest BCUT2D eigenvalue weighted by Gasteiger charge is 2.39. The van der Waals surface area contributed by atoms with Gasteiger partial charge in [0.25, 0.3) is 0 Å². The fourth-order valence-electron chi connectivity index (χ4n) is 6.17. The number of anilines is 2.